The third-order valence-corrected chi connectivity index (χ3v) is 10.6. The highest BCUT2D eigenvalue weighted by Gasteiger charge is 2.35. The summed E-state index contributed by atoms with van der Waals surface area (Å²) < 4.78 is 15.1. The Hall–Kier alpha value is -4.70. The Kier molecular flexibility index (Phi) is 9.66. The van der Waals surface area contributed by atoms with Gasteiger partial charge in [-0.15, -0.1) is 11.8 Å². The third-order valence-electron chi connectivity index (χ3n) is 8.32. The van der Waals surface area contributed by atoms with Gasteiger partial charge in [-0.1, -0.05) is 112 Å². The number of halogens is 1. The molecule has 6 aromatic rings. The highest BCUT2D eigenvalue weighted by molar-refractivity contribution is 9.10. The van der Waals surface area contributed by atoms with Crippen LogP contribution < -0.4 is 19.6 Å². The fourth-order valence-electron chi connectivity index (χ4n) is 5.97. The zero-order valence-corrected chi connectivity index (χ0v) is 30.0. The minimum atomic E-state index is -0.746. The first-order valence-corrected chi connectivity index (χ1v) is 18.6. The maximum atomic E-state index is 14.6. The number of esters is 1. The van der Waals surface area contributed by atoms with Crippen LogP contribution in [0.25, 0.3) is 22.5 Å². The van der Waals surface area contributed by atoms with Crippen LogP contribution in [0.4, 0.5) is 0 Å². The van der Waals surface area contributed by atoms with E-state index in [1.165, 1.54) is 11.3 Å². The molecule has 0 amide bonds. The van der Waals surface area contributed by atoms with Gasteiger partial charge in [0.05, 0.1) is 28.5 Å². The summed E-state index contributed by atoms with van der Waals surface area (Å²) in [4.78, 5) is 35.0. The highest BCUT2D eigenvalue weighted by Crippen LogP contribution is 2.36. The third kappa shape index (κ3) is 6.66. The van der Waals surface area contributed by atoms with Gasteiger partial charge in [0.2, 0.25) is 0 Å². The van der Waals surface area contributed by atoms with Gasteiger partial charge >= 0.3 is 5.97 Å². The number of fused-ring (bicyclic) bond motifs is 2. The molecule has 5 aromatic carbocycles. The summed E-state index contributed by atoms with van der Waals surface area (Å²) in [6.45, 7) is 2.33. The molecular formula is C40H31BrN2O4S2. The number of aromatic nitrogens is 1. The number of ether oxygens (including phenoxy) is 2. The molecule has 7 rings (SSSR count). The van der Waals surface area contributed by atoms with Crippen molar-refractivity contribution in [1.29, 1.82) is 0 Å². The maximum absolute atomic E-state index is 14.6. The summed E-state index contributed by atoms with van der Waals surface area (Å²) in [6.07, 6.45) is 3.91. The molecule has 244 valence electrons. The lowest BCUT2D eigenvalue weighted by Gasteiger charge is -2.26. The maximum Gasteiger partial charge on any atom is 0.338 e. The summed E-state index contributed by atoms with van der Waals surface area (Å²) >= 11 is 6.42. The van der Waals surface area contributed by atoms with E-state index >= 15 is 0 Å². The molecule has 0 saturated carbocycles. The van der Waals surface area contributed by atoms with Gasteiger partial charge in [0.25, 0.3) is 5.56 Å². The Labute approximate surface area is 300 Å². The average Bonchev–Trinajstić information content (AvgIpc) is 3.45. The minimum absolute atomic E-state index is 0.192. The van der Waals surface area contributed by atoms with Crippen LogP contribution in [0.3, 0.4) is 0 Å². The molecule has 1 aromatic heterocycles. The van der Waals surface area contributed by atoms with E-state index in [0.29, 0.717) is 33.0 Å². The highest BCUT2D eigenvalue weighted by atomic mass is 79.9. The van der Waals surface area contributed by atoms with Crippen molar-refractivity contribution in [3.63, 3.8) is 0 Å². The molecule has 0 spiro atoms. The first-order valence-electron chi connectivity index (χ1n) is 15.8. The topological polar surface area (TPSA) is 69.9 Å². The van der Waals surface area contributed by atoms with Crippen LogP contribution in [-0.4, -0.2) is 23.4 Å². The van der Waals surface area contributed by atoms with Crippen molar-refractivity contribution in [3.05, 3.63) is 167 Å². The number of thioether (sulfide) groups is 1. The first-order chi connectivity index (χ1) is 23.9. The molecular weight excluding hydrogens is 716 g/mol. The van der Waals surface area contributed by atoms with E-state index in [1.54, 1.807) is 23.3 Å². The second-order valence-corrected chi connectivity index (χ2v) is 14.1. The van der Waals surface area contributed by atoms with E-state index in [1.807, 2.05) is 128 Å². The molecule has 2 heterocycles. The number of hydrogen-bond donors (Lipinski definition) is 0. The summed E-state index contributed by atoms with van der Waals surface area (Å²) in [5, 5.41) is 1.99. The number of benzene rings is 5. The second kappa shape index (κ2) is 14.4. The van der Waals surface area contributed by atoms with Gasteiger partial charge in [0.1, 0.15) is 12.4 Å². The SMILES string of the molecule is CCOC(=O)C1=C(c2ccccc2)N=c2s/c(=C\c3c(OCc4ccc(Br)cc4)ccc4ccccc34)c(=O)n2[C@@H]1c1ccc(SC)cc1. The van der Waals surface area contributed by atoms with E-state index in [2.05, 4.69) is 15.9 Å². The predicted molar refractivity (Wildman–Crippen MR) is 202 cm³/mol. The number of carbonyl (C=O) groups excluding carboxylic acids is 1. The number of thiazole rings is 1. The molecule has 0 fully saturated rings. The monoisotopic (exact) mass is 746 g/mol. The van der Waals surface area contributed by atoms with Gasteiger partial charge in [-0.05, 0) is 71.5 Å². The number of rotatable bonds is 9. The van der Waals surface area contributed by atoms with Crippen molar-refractivity contribution in [2.45, 2.75) is 24.5 Å². The van der Waals surface area contributed by atoms with Crippen molar-refractivity contribution in [1.82, 2.24) is 4.57 Å². The quantitative estimate of drug-likeness (QED) is 0.110. The van der Waals surface area contributed by atoms with Crippen molar-refractivity contribution < 1.29 is 14.3 Å². The minimum Gasteiger partial charge on any atom is -0.488 e. The molecule has 9 heteroatoms. The van der Waals surface area contributed by atoms with E-state index in [4.69, 9.17) is 14.5 Å². The number of nitrogens with zero attached hydrogens (tertiary/aromatic N) is 2. The standard InChI is InChI=1S/C40H31BrN2O4S2/c1-3-46-39(45)35-36(27-10-5-4-6-11-27)42-40-43(37(35)28-15-20-30(48-2)21-16-28)38(44)34(49-40)23-32-31-12-8-7-9-26(31)17-22-33(32)47-24-25-13-18-29(41)19-14-25/h4-23,37H,3,24H2,1-2H3/b34-23-/t37-/m1/s1. The summed E-state index contributed by atoms with van der Waals surface area (Å²) in [7, 11) is 0. The van der Waals surface area contributed by atoms with Gasteiger partial charge in [0.15, 0.2) is 4.80 Å². The molecule has 0 unspecified atom stereocenters. The first kappa shape index (κ1) is 32.8. The molecule has 0 aliphatic carbocycles. The fraction of sp³-hybridized carbons (Fsp3) is 0.125. The Balaban J connectivity index is 1.45. The average molecular weight is 748 g/mol. The van der Waals surface area contributed by atoms with Crippen LogP contribution in [0.15, 0.2) is 140 Å². The van der Waals surface area contributed by atoms with Gasteiger partial charge < -0.3 is 9.47 Å². The lowest BCUT2D eigenvalue weighted by atomic mass is 9.93. The van der Waals surface area contributed by atoms with Crippen molar-refractivity contribution in [2.75, 3.05) is 12.9 Å². The van der Waals surface area contributed by atoms with E-state index in [0.717, 1.165) is 42.4 Å². The van der Waals surface area contributed by atoms with Gasteiger partial charge in [-0.2, -0.15) is 0 Å². The van der Waals surface area contributed by atoms with E-state index in [9.17, 15) is 9.59 Å². The lowest BCUT2D eigenvalue weighted by Crippen LogP contribution is -2.40. The molecule has 0 saturated heterocycles. The van der Waals surface area contributed by atoms with Crippen LogP contribution in [0.1, 0.15) is 35.2 Å². The molecule has 1 atom stereocenters. The van der Waals surface area contributed by atoms with Crippen molar-refractivity contribution in [2.24, 2.45) is 4.99 Å². The zero-order valence-electron chi connectivity index (χ0n) is 26.8. The van der Waals surface area contributed by atoms with E-state index in [-0.39, 0.29) is 12.2 Å². The van der Waals surface area contributed by atoms with Crippen molar-refractivity contribution >= 4 is 67.5 Å². The number of carbonyl (C=O) groups is 1. The predicted octanol–water partition coefficient (Wildman–Crippen LogP) is 8.15. The lowest BCUT2D eigenvalue weighted by molar-refractivity contribution is -0.138. The van der Waals surface area contributed by atoms with Gasteiger partial charge in [-0.3, -0.25) is 9.36 Å². The van der Waals surface area contributed by atoms with Crippen LogP contribution in [0.2, 0.25) is 0 Å². The largest absolute Gasteiger partial charge is 0.488 e. The molecule has 49 heavy (non-hydrogen) atoms. The normalized spacial score (nSPS) is 14.4. The Bertz CT molecular complexity index is 2380. The van der Waals surface area contributed by atoms with Crippen LogP contribution >= 0.6 is 39.0 Å². The summed E-state index contributed by atoms with van der Waals surface area (Å²) in [5.74, 6) is 0.157. The van der Waals surface area contributed by atoms with Crippen molar-refractivity contribution in [3.8, 4) is 5.75 Å². The van der Waals surface area contributed by atoms with E-state index < -0.39 is 12.0 Å². The molecule has 0 bridgehead atoms. The molecule has 0 radical (unpaired) electrons. The van der Waals surface area contributed by atoms with Gasteiger partial charge in [-0.25, -0.2) is 9.79 Å². The Morgan fingerprint density at radius 2 is 1.67 bits per heavy atom. The summed E-state index contributed by atoms with van der Waals surface area (Å²) in [6, 6.07) is 36.8. The van der Waals surface area contributed by atoms with Crippen LogP contribution in [-0.2, 0) is 16.1 Å². The van der Waals surface area contributed by atoms with Crippen LogP contribution in [0.5, 0.6) is 5.75 Å². The smallest absolute Gasteiger partial charge is 0.338 e. The Morgan fingerprint density at radius 3 is 2.41 bits per heavy atom. The van der Waals surface area contributed by atoms with Crippen LogP contribution in [0, 0.1) is 0 Å². The fourth-order valence-corrected chi connectivity index (χ4v) is 7.62. The molecule has 1 aliphatic rings. The zero-order chi connectivity index (χ0) is 33.9. The molecule has 6 nitrogen and oxygen atoms in total. The molecule has 1 aliphatic heterocycles. The van der Waals surface area contributed by atoms with Gasteiger partial charge in [0, 0.05) is 20.5 Å². The number of hydrogen-bond acceptors (Lipinski definition) is 7. The Morgan fingerprint density at radius 1 is 0.939 bits per heavy atom. The second-order valence-electron chi connectivity index (χ2n) is 11.3. The molecule has 0 N–H and O–H groups in total. The summed E-state index contributed by atoms with van der Waals surface area (Å²) in [5.41, 5.74) is 3.96.